The number of aryl methyl sites for hydroxylation is 1. The number of aliphatic carboxylic acids is 2. The highest BCUT2D eigenvalue weighted by molar-refractivity contribution is 6.35. The van der Waals surface area contributed by atoms with Gasteiger partial charge in [-0.05, 0) is 31.2 Å². The summed E-state index contributed by atoms with van der Waals surface area (Å²) in [5, 5.41) is 28.8. The second-order valence-electron chi connectivity index (χ2n) is 5.51. The number of aliphatic hydroxyl groups excluding tert-OH is 1. The van der Waals surface area contributed by atoms with Crippen LogP contribution < -0.4 is 10.1 Å². The average molecular weight is 434 g/mol. The van der Waals surface area contributed by atoms with Crippen LogP contribution in [0.4, 0.5) is 0 Å². The van der Waals surface area contributed by atoms with Crippen LogP contribution in [-0.2, 0) is 16.1 Å². The Morgan fingerprint density at radius 3 is 2.54 bits per heavy atom. The molecule has 1 unspecified atom stereocenters. The van der Waals surface area contributed by atoms with Gasteiger partial charge in [0.2, 0.25) is 0 Å². The van der Waals surface area contributed by atoms with Crippen molar-refractivity contribution in [2.45, 2.75) is 19.1 Å². The van der Waals surface area contributed by atoms with Crippen molar-refractivity contribution in [1.29, 1.82) is 0 Å². The molecule has 154 valence electrons. The van der Waals surface area contributed by atoms with E-state index in [4.69, 9.17) is 47.7 Å². The summed E-state index contributed by atoms with van der Waals surface area (Å²) in [5.41, 5.74) is 0. The van der Waals surface area contributed by atoms with E-state index in [1.807, 2.05) is 10.8 Å². The lowest BCUT2D eigenvalue weighted by Gasteiger charge is -2.14. The van der Waals surface area contributed by atoms with Crippen molar-refractivity contribution in [3.63, 3.8) is 0 Å². The number of rotatable bonds is 9. The fraction of sp³-hybridized carbons (Fsp3) is 0.353. The standard InChI is InChI=1S/C15H19Cl2N3O2.C2H2O4/c16-12-2-3-15(14(17)8-12)22-10-13(21)9-18-4-1-6-20-7-5-19-11-20;3-1(4)2(5)6/h2-3,5,7-8,11,13,18,21H,1,4,6,9-10H2;(H,3,4)(H,5,6). The van der Waals surface area contributed by atoms with Gasteiger partial charge in [-0.25, -0.2) is 14.6 Å². The Kier molecular flexibility index (Phi) is 11.0. The van der Waals surface area contributed by atoms with Gasteiger partial charge in [0.05, 0.1) is 11.3 Å². The van der Waals surface area contributed by atoms with Crippen LogP contribution in [0.3, 0.4) is 0 Å². The third kappa shape index (κ3) is 10.1. The summed E-state index contributed by atoms with van der Waals surface area (Å²) < 4.78 is 7.49. The molecule has 4 N–H and O–H groups in total. The van der Waals surface area contributed by atoms with Crippen LogP contribution >= 0.6 is 23.2 Å². The molecule has 0 aliphatic carbocycles. The number of nitrogens with zero attached hydrogens (tertiary/aromatic N) is 2. The second-order valence-corrected chi connectivity index (χ2v) is 6.35. The van der Waals surface area contributed by atoms with Gasteiger partial charge in [-0.1, -0.05) is 23.2 Å². The van der Waals surface area contributed by atoms with Crippen LogP contribution in [0.1, 0.15) is 6.42 Å². The highest BCUT2D eigenvalue weighted by Crippen LogP contribution is 2.27. The monoisotopic (exact) mass is 433 g/mol. The van der Waals surface area contributed by atoms with Gasteiger partial charge >= 0.3 is 11.9 Å². The fourth-order valence-corrected chi connectivity index (χ4v) is 2.37. The Morgan fingerprint density at radius 2 is 1.96 bits per heavy atom. The summed E-state index contributed by atoms with van der Waals surface area (Å²) in [6, 6.07) is 5.00. The molecule has 0 saturated heterocycles. The van der Waals surface area contributed by atoms with E-state index < -0.39 is 18.0 Å². The molecule has 28 heavy (non-hydrogen) atoms. The Balaban J connectivity index is 0.000000568. The summed E-state index contributed by atoms with van der Waals surface area (Å²) >= 11 is 11.8. The molecule has 0 aliphatic heterocycles. The number of halogens is 2. The Hall–Kier alpha value is -2.33. The highest BCUT2D eigenvalue weighted by atomic mass is 35.5. The molecule has 1 aromatic heterocycles. The molecule has 0 aliphatic rings. The molecule has 0 radical (unpaired) electrons. The SMILES string of the molecule is O=C(O)C(=O)O.OC(CNCCCn1ccnc1)COc1ccc(Cl)cc1Cl. The van der Waals surface area contributed by atoms with Gasteiger partial charge in [0.15, 0.2) is 0 Å². The lowest BCUT2D eigenvalue weighted by molar-refractivity contribution is -0.159. The number of hydrogen-bond acceptors (Lipinski definition) is 6. The quantitative estimate of drug-likeness (QED) is 0.347. The van der Waals surface area contributed by atoms with E-state index in [0.717, 1.165) is 19.5 Å². The van der Waals surface area contributed by atoms with Crippen molar-refractivity contribution in [3.8, 4) is 5.75 Å². The van der Waals surface area contributed by atoms with Crippen LogP contribution in [0.25, 0.3) is 0 Å². The number of carboxylic acids is 2. The Morgan fingerprint density at radius 1 is 1.25 bits per heavy atom. The molecular formula is C17H21Cl2N3O6. The van der Waals surface area contributed by atoms with Crippen LogP contribution in [0.5, 0.6) is 5.75 Å². The first-order chi connectivity index (χ1) is 13.3. The summed E-state index contributed by atoms with van der Waals surface area (Å²) in [4.78, 5) is 22.2. The van der Waals surface area contributed by atoms with E-state index in [-0.39, 0.29) is 6.61 Å². The predicted octanol–water partition coefficient (Wildman–Crippen LogP) is 1.77. The maximum Gasteiger partial charge on any atom is 0.414 e. The molecule has 0 spiro atoms. The number of carbonyl (C=O) groups is 2. The predicted molar refractivity (Wildman–Crippen MR) is 103 cm³/mol. The number of aromatic nitrogens is 2. The highest BCUT2D eigenvalue weighted by Gasteiger charge is 2.07. The lowest BCUT2D eigenvalue weighted by Crippen LogP contribution is -2.32. The van der Waals surface area contributed by atoms with Gasteiger partial charge < -0.3 is 29.9 Å². The summed E-state index contributed by atoms with van der Waals surface area (Å²) in [6.45, 7) is 2.36. The van der Waals surface area contributed by atoms with Crippen molar-refractivity contribution >= 4 is 35.1 Å². The van der Waals surface area contributed by atoms with Gasteiger partial charge in [0, 0.05) is 30.5 Å². The first-order valence-corrected chi connectivity index (χ1v) is 8.93. The number of nitrogens with one attached hydrogen (secondary N) is 1. The zero-order chi connectivity index (χ0) is 20.9. The molecule has 0 saturated carbocycles. The van der Waals surface area contributed by atoms with Crippen molar-refractivity contribution in [2.75, 3.05) is 19.7 Å². The molecule has 2 aromatic rings. The van der Waals surface area contributed by atoms with Gasteiger partial charge in [0.25, 0.3) is 0 Å². The molecule has 2 rings (SSSR count). The second kappa shape index (κ2) is 12.9. The largest absolute Gasteiger partial charge is 0.489 e. The van der Waals surface area contributed by atoms with Crippen LogP contribution in [0, 0.1) is 0 Å². The number of benzene rings is 1. The molecule has 11 heteroatoms. The van der Waals surface area contributed by atoms with Gasteiger partial charge in [-0.15, -0.1) is 0 Å². The zero-order valence-corrected chi connectivity index (χ0v) is 16.3. The minimum Gasteiger partial charge on any atom is -0.489 e. The molecule has 1 heterocycles. The van der Waals surface area contributed by atoms with Gasteiger partial charge in [-0.2, -0.15) is 0 Å². The van der Waals surface area contributed by atoms with E-state index in [9.17, 15) is 5.11 Å². The minimum absolute atomic E-state index is 0.176. The molecular weight excluding hydrogens is 413 g/mol. The van der Waals surface area contributed by atoms with Gasteiger partial charge in [0.1, 0.15) is 18.5 Å². The smallest absolute Gasteiger partial charge is 0.414 e. The Labute approximate surface area is 171 Å². The third-order valence-electron chi connectivity index (χ3n) is 3.22. The topological polar surface area (TPSA) is 134 Å². The van der Waals surface area contributed by atoms with E-state index in [1.54, 1.807) is 30.7 Å². The normalized spacial score (nSPS) is 11.2. The number of ether oxygens (including phenoxy) is 1. The molecule has 0 fully saturated rings. The van der Waals surface area contributed by atoms with E-state index >= 15 is 0 Å². The molecule has 1 atom stereocenters. The molecule has 0 amide bonds. The van der Waals surface area contributed by atoms with Crippen LogP contribution in [-0.4, -0.2) is 62.6 Å². The summed E-state index contributed by atoms with van der Waals surface area (Å²) in [5.74, 6) is -3.13. The maximum absolute atomic E-state index is 9.87. The van der Waals surface area contributed by atoms with E-state index in [1.165, 1.54) is 0 Å². The third-order valence-corrected chi connectivity index (χ3v) is 3.75. The maximum atomic E-state index is 9.87. The summed E-state index contributed by atoms with van der Waals surface area (Å²) in [7, 11) is 0. The lowest BCUT2D eigenvalue weighted by atomic mass is 10.3. The summed E-state index contributed by atoms with van der Waals surface area (Å²) in [6.07, 6.45) is 5.85. The number of hydrogen-bond donors (Lipinski definition) is 4. The van der Waals surface area contributed by atoms with Crippen molar-refractivity contribution in [2.24, 2.45) is 0 Å². The zero-order valence-electron chi connectivity index (χ0n) is 14.8. The Bertz CT molecular complexity index is 730. The van der Waals surface area contributed by atoms with E-state index in [0.29, 0.717) is 22.3 Å². The van der Waals surface area contributed by atoms with Crippen molar-refractivity contribution < 1.29 is 29.6 Å². The number of carboxylic acid groups (broad SMARTS) is 2. The molecule has 9 nitrogen and oxygen atoms in total. The van der Waals surface area contributed by atoms with Crippen molar-refractivity contribution in [3.05, 3.63) is 47.0 Å². The van der Waals surface area contributed by atoms with Crippen molar-refractivity contribution in [1.82, 2.24) is 14.9 Å². The number of aliphatic hydroxyl groups is 1. The first kappa shape index (κ1) is 23.7. The first-order valence-electron chi connectivity index (χ1n) is 8.18. The van der Waals surface area contributed by atoms with Crippen LogP contribution in [0.2, 0.25) is 10.0 Å². The van der Waals surface area contributed by atoms with Crippen LogP contribution in [0.15, 0.2) is 36.9 Å². The molecule has 1 aromatic carbocycles. The average Bonchev–Trinajstić information content (AvgIpc) is 3.14. The minimum atomic E-state index is -1.82. The fourth-order valence-electron chi connectivity index (χ4n) is 1.91. The molecule has 0 bridgehead atoms. The number of imidazole rings is 1. The van der Waals surface area contributed by atoms with E-state index in [2.05, 4.69) is 10.3 Å². The van der Waals surface area contributed by atoms with Gasteiger partial charge in [-0.3, -0.25) is 0 Å².